The van der Waals surface area contributed by atoms with Gasteiger partial charge in [0.2, 0.25) is 12.7 Å². The largest absolute Gasteiger partial charge is 0.454 e. The monoisotopic (exact) mass is 458 g/mol. The molecule has 33 heavy (non-hydrogen) atoms. The number of nitrogens with zero attached hydrogens (tertiary/aromatic N) is 3. The van der Waals surface area contributed by atoms with Gasteiger partial charge in [-0.3, -0.25) is 9.36 Å². The Morgan fingerprint density at radius 1 is 1.00 bits per heavy atom. The zero-order valence-electron chi connectivity index (χ0n) is 18.2. The molecule has 5 rings (SSSR count). The Balaban J connectivity index is 1.41. The number of thioether (sulfide) groups is 1. The Labute approximate surface area is 195 Å². The smallest absolute Gasteiger partial charge is 0.237 e. The molecule has 1 aliphatic heterocycles. The number of carbonyl (C=O) groups excluding carboxylic acids is 1. The van der Waals surface area contributed by atoms with Crippen LogP contribution in [0.5, 0.6) is 11.5 Å². The van der Waals surface area contributed by atoms with Crippen LogP contribution in [0, 0.1) is 6.92 Å². The van der Waals surface area contributed by atoms with Gasteiger partial charge in [0, 0.05) is 23.0 Å². The van der Waals surface area contributed by atoms with Crippen molar-refractivity contribution >= 4 is 23.4 Å². The highest BCUT2D eigenvalue weighted by atomic mass is 32.2. The minimum atomic E-state index is -0.410. The van der Waals surface area contributed by atoms with Crippen molar-refractivity contribution in [2.45, 2.75) is 24.3 Å². The lowest BCUT2D eigenvalue weighted by Gasteiger charge is -2.14. The first kappa shape index (κ1) is 21.1. The highest BCUT2D eigenvalue weighted by molar-refractivity contribution is 8.00. The first-order valence-electron chi connectivity index (χ1n) is 10.5. The molecule has 1 aromatic heterocycles. The lowest BCUT2D eigenvalue weighted by atomic mass is 10.2. The second-order valence-corrected chi connectivity index (χ2v) is 8.97. The van der Waals surface area contributed by atoms with E-state index in [1.807, 2.05) is 73.0 Å². The number of anilines is 1. The molecular formula is C25H22N4O3S. The fourth-order valence-corrected chi connectivity index (χ4v) is 4.34. The topological polar surface area (TPSA) is 78.3 Å². The molecule has 0 saturated carbocycles. The van der Waals surface area contributed by atoms with Crippen LogP contribution >= 0.6 is 11.8 Å². The van der Waals surface area contributed by atoms with E-state index in [0.717, 1.165) is 17.1 Å². The van der Waals surface area contributed by atoms with E-state index in [1.165, 1.54) is 17.3 Å². The van der Waals surface area contributed by atoms with Crippen LogP contribution in [0.25, 0.3) is 17.1 Å². The van der Waals surface area contributed by atoms with Crippen molar-refractivity contribution in [3.63, 3.8) is 0 Å². The molecule has 1 atom stereocenters. The Morgan fingerprint density at radius 3 is 2.55 bits per heavy atom. The highest BCUT2D eigenvalue weighted by Gasteiger charge is 2.23. The van der Waals surface area contributed by atoms with Crippen molar-refractivity contribution in [2.75, 3.05) is 12.1 Å². The van der Waals surface area contributed by atoms with Crippen molar-refractivity contribution in [2.24, 2.45) is 0 Å². The summed E-state index contributed by atoms with van der Waals surface area (Å²) in [6.45, 7) is 4.09. The van der Waals surface area contributed by atoms with Gasteiger partial charge in [-0.1, -0.05) is 59.8 Å². The van der Waals surface area contributed by atoms with Gasteiger partial charge in [0.25, 0.3) is 0 Å². The summed E-state index contributed by atoms with van der Waals surface area (Å²) in [4.78, 5) is 12.9. The average molecular weight is 459 g/mol. The van der Waals surface area contributed by atoms with Crippen molar-refractivity contribution in [1.82, 2.24) is 14.8 Å². The molecule has 0 bridgehead atoms. The van der Waals surface area contributed by atoms with Crippen LogP contribution in [-0.4, -0.2) is 32.7 Å². The number of amides is 1. The van der Waals surface area contributed by atoms with Crippen LogP contribution in [0.1, 0.15) is 12.5 Å². The van der Waals surface area contributed by atoms with Crippen molar-refractivity contribution in [3.8, 4) is 28.6 Å². The molecule has 1 amide bonds. The quantitative estimate of drug-likeness (QED) is 0.406. The van der Waals surface area contributed by atoms with Crippen LogP contribution in [0.3, 0.4) is 0 Å². The second kappa shape index (κ2) is 8.99. The van der Waals surface area contributed by atoms with Gasteiger partial charge in [-0.25, -0.2) is 0 Å². The van der Waals surface area contributed by atoms with E-state index in [1.54, 1.807) is 18.2 Å². The van der Waals surface area contributed by atoms with E-state index >= 15 is 0 Å². The van der Waals surface area contributed by atoms with E-state index in [4.69, 9.17) is 9.47 Å². The van der Waals surface area contributed by atoms with Gasteiger partial charge >= 0.3 is 0 Å². The van der Waals surface area contributed by atoms with E-state index < -0.39 is 5.25 Å². The molecule has 2 heterocycles. The van der Waals surface area contributed by atoms with Crippen molar-refractivity contribution in [1.29, 1.82) is 0 Å². The normalized spacial score (nSPS) is 13.0. The molecule has 7 nitrogen and oxygen atoms in total. The molecule has 8 heteroatoms. The lowest BCUT2D eigenvalue weighted by molar-refractivity contribution is -0.115. The number of benzene rings is 3. The number of nitrogens with one attached hydrogen (secondary N) is 1. The molecule has 1 N–H and O–H groups in total. The molecule has 0 radical (unpaired) electrons. The zero-order chi connectivity index (χ0) is 22.8. The van der Waals surface area contributed by atoms with Crippen LogP contribution in [0.4, 0.5) is 5.69 Å². The Bertz CT molecular complexity index is 1290. The molecule has 4 aromatic rings. The number of hydrogen-bond acceptors (Lipinski definition) is 6. The third kappa shape index (κ3) is 4.42. The summed E-state index contributed by atoms with van der Waals surface area (Å²) in [6, 6.07) is 23.4. The fourth-order valence-electron chi connectivity index (χ4n) is 3.48. The summed E-state index contributed by atoms with van der Waals surface area (Å²) < 4.78 is 12.7. The van der Waals surface area contributed by atoms with Crippen molar-refractivity contribution < 1.29 is 14.3 Å². The predicted octanol–water partition coefficient (Wildman–Crippen LogP) is 5.09. The molecule has 0 spiro atoms. The summed E-state index contributed by atoms with van der Waals surface area (Å²) in [6.07, 6.45) is 0. The van der Waals surface area contributed by atoms with Crippen LogP contribution in [-0.2, 0) is 4.79 Å². The maximum absolute atomic E-state index is 12.9. The number of aromatic nitrogens is 3. The van der Waals surface area contributed by atoms with Gasteiger partial charge in [0.05, 0.1) is 5.25 Å². The van der Waals surface area contributed by atoms with Gasteiger partial charge < -0.3 is 14.8 Å². The van der Waals surface area contributed by atoms with Crippen LogP contribution < -0.4 is 14.8 Å². The van der Waals surface area contributed by atoms with E-state index in [0.29, 0.717) is 22.3 Å². The minimum Gasteiger partial charge on any atom is -0.454 e. The minimum absolute atomic E-state index is 0.140. The molecular weight excluding hydrogens is 436 g/mol. The molecule has 0 aliphatic carbocycles. The average Bonchev–Trinajstić information content (AvgIpc) is 3.47. The van der Waals surface area contributed by atoms with Gasteiger partial charge in [-0.05, 0) is 38.1 Å². The highest BCUT2D eigenvalue weighted by Crippen LogP contribution is 2.35. The predicted molar refractivity (Wildman–Crippen MR) is 128 cm³/mol. The number of aryl methyl sites for hydroxylation is 1. The molecule has 3 aromatic carbocycles. The second-order valence-electron chi connectivity index (χ2n) is 7.66. The summed E-state index contributed by atoms with van der Waals surface area (Å²) in [5, 5.41) is 12.1. The molecule has 1 unspecified atom stereocenters. The van der Waals surface area contributed by atoms with Gasteiger partial charge in [0.15, 0.2) is 22.5 Å². The Morgan fingerprint density at radius 2 is 1.76 bits per heavy atom. The summed E-state index contributed by atoms with van der Waals surface area (Å²) in [7, 11) is 0. The van der Waals surface area contributed by atoms with Crippen molar-refractivity contribution in [3.05, 3.63) is 78.4 Å². The number of fused-ring (bicyclic) bond motifs is 1. The maximum Gasteiger partial charge on any atom is 0.237 e. The summed E-state index contributed by atoms with van der Waals surface area (Å²) in [5.41, 5.74) is 3.71. The number of hydrogen-bond donors (Lipinski definition) is 1. The maximum atomic E-state index is 12.9. The Kier molecular flexibility index (Phi) is 5.75. The third-order valence-electron chi connectivity index (χ3n) is 5.25. The first-order valence-corrected chi connectivity index (χ1v) is 11.4. The number of rotatable bonds is 6. The standard InChI is InChI=1S/C25H22N4O3S/c1-16-8-11-20(12-9-16)29-23(18-6-4-3-5-7-18)27-28-25(29)33-17(2)24(30)26-19-10-13-21-22(14-19)32-15-31-21/h3-14,17H,15H2,1-2H3,(H,26,30). The Hall–Kier alpha value is -3.78. The van der Waals surface area contributed by atoms with Gasteiger partial charge in [-0.15, -0.1) is 10.2 Å². The van der Waals surface area contributed by atoms with E-state index in [2.05, 4.69) is 15.5 Å². The van der Waals surface area contributed by atoms with E-state index in [9.17, 15) is 4.79 Å². The summed E-state index contributed by atoms with van der Waals surface area (Å²) in [5.74, 6) is 1.89. The lowest BCUT2D eigenvalue weighted by Crippen LogP contribution is -2.22. The van der Waals surface area contributed by atoms with Crippen LogP contribution in [0.2, 0.25) is 0 Å². The fraction of sp³-hybridized carbons (Fsp3) is 0.160. The summed E-state index contributed by atoms with van der Waals surface area (Å²) >= 11 is 1.36. The zero-order valence-corrected chi connectivity index (χ0v) is 19.0. The number of carbonyl (C=O) groups is 1. The van der Waals surface area contributed by atoms with Crippen LogP contribution in [0.15, 0.2) is 78.0 Å². The van der Waals surface area contributed by atoms with Gasteiger partial charge in [0.1, 0.15) is 0 Å². The molecule has 1 aliphatic rings. The number of ether oxygens (including phenoxy) is 2. The molecule has 166 valence electrons. The van der Waals surface area contributed by atoms with Gasteiger partial charge in [-0.2, -0.15) is 0 Å². The first-order chi connectivity index (χ1) is 16.1. The van der Waals surface area contributed by atoms with E-state index in [-0.39, 0.29) is 12.7 Å². The molecule has 0 fully saturated rings. The SMILES string of the molecule is Cc1ccc(-n2c(SC(C)C(=O)Nc3ccc4c(c3)OCO4)nnc2-c2ccccc2)cc1. The molecule has 0 saturated heterocycles. The third-order valence-corrected chi connectivity index (χ3v) is 6.29.